The molecule has 0 saturated carbocycles. The van der Waals surface area contributed by atoms with Crippen molar-refractivity contribution in [3.63, 3.8) is 0 Å². The maximum absolute atomic E-state index is 11.9. The first-order valence-electron chi connectivity index (χ1n) is 4.75. The van der Waals surface area contributed by atoms with Gasteiger partial charge >= 0.3 is 5.97 Å². The fourth-order valence-corrected chi connectivity index (χ4v) is 3.06. The van der Waals surface area contributed by atoms with Crippen LogP contribution in [0.1, 0.15) is 16.8 Å². The Hall–Kier alpha value is -1.33. The van der Waals surface area contributed by atoms with Crippen molar-refractivity contribution in [2.75, 3.05) is 5.75 Å². The molecule has 0 radical (unpaired) electrons. The molecule has 0 heterocycles. The van der Waals surface area contributed by atoms with Crippen LogP contribution in [0.3, 0.4) is 0 Å². The van der Waals surface area contributed by atoms with E-state index in [0.29, 0.717) is 0 Å². The molecule has 1 aromatic rings. The van der Waals surface area contributed by atoms with E-state index in [1.807, 2.05) is 0 Å². The second-order valence-electron chi connectivity index (χ2n) is 3.35. The second kappa shape index (κ2) is 5.33. The van der Waals surface area contributed by atoms with Gasteiger partial charge in [-0.2, -0.15) is 0 Å². The fourth-order valence-electron chi connectivity index (χ4n) is 1.22. The molecular weight excluding hydrogens is 264 g/mol. The highest BCUT2D eigenvalue weighted by Gasteiger charge is 2.19. The minimum absolute atomic E-state index is 0.0269. The van der Waals surface area contributed by atoms with E-state index in [-0.39, 0.29) is 27.7 Å². The van der Waals surface area contributed by atoms with Crippen molar-refractivity contribution in [3.05, 3.63) is 41.4 Å². The highest BCUT2D eigenvalue weighted by atomic mass is 35.5. The molecule has 0 atom stereocenters. The Morgan fingerprint density at radius 3 is 2.65 bits per heavy atom. The van der Waals surface area contributed by atoms with E-state index in [0.717, 1.165) is 6.07 Å². The van der Waals surface area contributed by atoms with Gasteiger partial charge in [0, 0.05) is 0 Å². The van der Waals surface area contributed by atoms with Crippen LogP contribution < -0.4 is 0 Å². The number of aromatic carboxylic acids is 1. The molecular formula is C11H11ClO4S. The average molecular weight is 275 g/mol. The Labute approximate surface area is 104 Å². The fraction of sp³-hybridized carbons (Fsp3) is 0.182. The number of carboxylic acid groups (broad SMARTS) is 1. The first-order chi connectivity index (χ1) is 7.88. The largest absolute Gasteiger partial charge is 0.478 e. The summed E-state index contributed by atoms with van der Waals surface area (Å²) in [5.74, 6) is -1.33. The SMILES string of the molecule is C=CCCS(=O)(=O)c1cc(C(=O)O)ccc1Cl. The monoisotopic (exact) mass is 274 g/mol. The molecule has 6 heteroatoms. The summed E-state index contributed by atoms with van der Waals surface area (Å²) >= 11 is 5.77. The molecule has 0 aromatic heterocycles. The van der Waals surface area contributed by atoms with Gasteiger partial charge in [-0.05, 0) is 24.6 Å². The number of carboxylic acids is 1. The summed E-state index contributed by atoms with van der Waals surface area (Å²) in [5.41, 5.74) is -0.105. The molecule has 0 spiro atoms. The summed E-state index contributed by atoms with van der Waals surface area (Å²) in [6.45, 7) is 3.43. The van der Waals surface area contributed by atoms with Crippen LogP contribution in [0.15, 0.2) is 35.7 Å². The molecule has 0 fully saturated rings. The maximum atomic E-state index is 11.9. The van der Waals surface area contributed by atoms with Crippen molar-refractivity contribution in [1.29, 1.82) is 0 Å². The van der Waals surface area contributed by atoms with Crippen molar-refractivity contribution in [3.8, 4) is 0 Å². The first kappa shape index (κ1) is 13.7. The molecule has 17 heavy (non-hydrogen) atoms. The highest BCUT2D eigenvalue weighted by Crippen LogP contribution is 2.24. The standard InChI is InChI=1S/C11H11ClO4S/c1-2-3-6-17(15,16)10-7-8(11(13)14)4-5-9(10)12/h2,4-5,7H,1,3,6H2,(H,13,14). The summed E-state index contributed by atoms with van der Waals surface area (Å²) in [4.78, 5) is 10.6. The van der Waals surface area contributed by atoms with Gasteiger partial charge in [0.1, 0.15) is 0 Å². The first-order valence-corrected chi connectivity index (χ1v) is 6.78. The van der Waals surface area contributed by atoms with Crippen molar-refractivity contribution in [1.82, 2.24) is 0 Å². The summed E-state index contributed by atoms with van der Waals surface area (Å²) in [6.07, 6.45) is 1.77. The van der Waals surface area contributed by atoms with Gasteiger partial charge in [-0.25, -0.2) is 13.2 Å². The van der Waals surface area contributed by atoms with Gasteiger partial charge < -0.3 is 5.11 Å². The van der Waals surface area contributed by atoms with Crippen molar-refractivity contribution < 1.29 is 18.3 Å². The molecule has 0 aliphatic rings. The minimum Gasteiger partial charge on any atom is -0.478 e. The number of sulfone groups is 1. The van der Waals surface area contributed by atoms with Crippen LogP contribution in [-0.4, -0.2) is 25.2 Å². The number of rotatable bonds is 5. The molecule has 0 aliphatic carbocycles. The van der Waals surface area contributed by atoms with Crippen LogP contribution in [-0.2, 0) is 9.84 Å². The minimum atomic E-state index is -3.58. The van der Waals surface area contributed by atoms with Crippen LogP contribution in [0, 0.1) is 0 Å². The van der Waals surface area contributed by atoms with Gasteiger partial charge in [0.15, 0.2) is 9.84 Å². The number of hydrogen-bond donors (Lipinski definition) is 1. The van der Waals surface area contributed by atoms with Crippen molar-refractivity contribution in [2.45, 2.75) is 11.3 Å². The Bertz CT molecular complexity index is 549. The summed E-state index contributed by atoms with van der Waals surface area (Å²) < 4.78 is 23.7. The predicted molar refractivity (Wildman–Crippen MR) is 65.3 cm³/mol. The van der Waals surface area contributed by atoms with E-state index in [9.17, 15) is 13.2 Å². The molecule has 0 bridgehead atoms. The van der Waals surface area contributed by atoms with E-state index >= 15 is 0 Å². The molecule has 1 aromatic carbocycles. The zero-order valence-corrected chi connectivity index (χ0v) is 10.5. The normalized spacial score (nSPS) is 11.1. The molecule has 0 saturated heterocycles. The summed E-state index contributed by atoms with van der Waals surface area (Å²) in [6, 6.07) is 3.60. The second-order valence-corrected chi connectivity index (χ2v) is 5.83. The third-order valence-corrected chi connectivity index (χ3v) is 4.33. The van der Waals surface area contributed by atoms with Gasteiger partial charge in [-0.15, -0.1) is 6.58 Å². The van der Waals surface area contributed by atoms with E-state index in [2.05, 4.69) is 6.58 Å². The van der Waals surface area contributed by atoms with E-state index in [4.69, 9.17) is 16.7 Å². The van der Waals surface area contributed by atoms with Crippen molar-refractivity contribution in [2.24, 2.45) is 0 Å². The van der Waals surface area contributed by atoms with E-state index < -0.39 is 15.8 Å². The topological polar surface area (TPSA) is 71.4 Å². The Morgan fingerprint density at radius 2 is 2.12 bits per heavy atom. The van der Waals surface area contributed by atoms with Gasteiger partial charge in [-0.1, -0.05) is 17.7 Å². The zero-order valence-electron chi connectivity index (χ0n) is 8.89. The molecule has 0 amide bonds. The molecule has 0 unspecified atom stereocenters. The quantitative estimate of drug-likeness (QED) is 0.837. The van der Waals surface area contributed by atoms with Crippen LogP contribution in [0.5, 0.6) is 0 Å². The lowest BCUT2D eigenvalue weighted by Gasteiger charge is -2.06. The lowest BCUT2D eigenvalue weighted by Crippen LogP contribution is -2.08. The number of halogens is 1. The van der Waals surface area contributed by atoms with Crippen LogP contribution >= 0.6 is 11.6 Å². The summed E-state index contributed by atoms with van der Waals surface area (Å²) in [7, 11) is -3.58. The predicted octanol–water partition coefficient (Wildman–Crippen LogP) is 2.39. The van der Waals surface area contributed by atoms with Crippen LogP contribution in [0.25, 0.3) is 0 Å². The Balaban J connectivity index is 3.25. The lowest BCUT2D eigenvalue weighted by molar-refractivity contribution is 0.0696. The average Bonchev–Trinajstić information content (AvgIpc) is 2.26. The summed E-state index contributed by atoms with van der Waals surface area (Å²) in [5, 5.41) is 8.81. The molecule has 92 valence electrons. The van der Waals surface area contributed by atoms with Crippen LogP contribution in [0.4, 0.5) is 0 Å². The van der Waals surface area contributed by atoms with Crippen molar-refractivity contribution >= 4 is 27.4 Å². The third-order valence-electron chi connectivity index (χ3n) is 2.10. The van der Waals surface area contributed by atoms with E-state index in [1.54, 1.807) is 0 Å². The maximum Gasteiger partial charge on any atom is 0.335 e. The number of hydrogen-bond acceptors (Lipinski definition) is 3. The van der Waals surface area contributed by atoms with E-state index in [1.165, 1.54) is 18.2 Å². The number of benzene rings is 1. The van der Waals surface area contributed by atoms with Gasteiger partial charge in [0.25, 0.3) is 0 Å². The Morgan fingerprint density at radius 1 is 1.47 bits per heavy atom. The zero-order chi connectivity index (χ0) is 13.1. The van der Waals surface area contributed by atoms with Crippen LogP contribution in [0.2, 0.25) is 5.02 Å². The molecule has 0 aliphatic heterocycles. The molecule has 4 nitrogen and oxygen atoms in total. The van der Waals surface area contributed by atoms with Gasteiger partial charge in [0.2, 0.25) is 0 Å². The highest BCUT2D eigenvalue weighted by molar-refractivity contribution is 7.91. The number of allylic oxidation sites excluding steroid dienone is 1. The smallest absolute Gasteiger partial charge is 0.335 e. The Kier molecular flexibility index (Phi) is 4.31. The lowest BCUT2D eigenvalue weighted by atomic mass is 10.2. The number of carbonyl (C=O) groups is 1. The van der Waals surface area contributed by atoms with Gasteiger partial charge in [0.05, 0.1) is 21.2 Å². The third kappa shape index (κ3) is 3.31. The van der Waals surface area contributed by atoms with Gasteiger partial charge in [-0.3, -0.25) is 0 Å². The molecule has 1 rings (SSSR count). The molecule has 1 N–H and O–H groups in total.